The SMILES string of the molecule is NC(=O)CNC(=O)CC1C(=O)NCCN1CCCc1ccccc1. The minimum absolute atomic E-state index is 0.0322. The van der Waals surface area contributed by atoms with Crippen LogP contribution in [0.1, 0.15) is 18.4 Å². The predicted molar refractivity (Wildman–Crippen MR) is 90.0 cm³/mol. The highest BCUT2D eigenvalue weighted by molar-refractivity contribution is 5.90. The number of nitrogens with one attached hydrogen (secondary N) is 2. The average Bonchev–Trinajstić information content (AvgIpc) is 2.57. The van der Waals surface area contributed by atoms with Gasteiger partial charge in [0.25, 0.3) is 0 Å². The molecule has 1 aromatic rings. The van der Waals surface area contributed by atoms with Crippen LogP contribution in [0.4, 0.5) is 0 Å². The van der Waals surface area contributed by atoms with Crippen LogP contribution in [0.25, 0.3) is 0 Å². The fourth-order valence-electron chi connectivity index (χ4n) is 2.82. The number of carbonyl (C=O) groups excluding carboxylic acids is 3. The van der Waals surface area contributed by atoms with Crippen LogP contribution in [0.5, 0.6) is 0 Å². The molecule has 4 N–H and O–H groups in total. The van der Waals surface area contributed by atoms with E-state index in [1.165, 1.54) is 5.56 Å². The first-order valence-electron chi connectivity index (χ1n) is 8.17. The van der Waals surface area contributed by atoms with Crippen molar-refractivity contribution >= 4 is 17.7 Å². The van der Waals surface area contributed by atoms with Crippen LogP contribution < -0.4 is 16.4 Å². The van der Waals surface area contributed by atoms with E-state index in [1.807, 2.05) is 23.1 Å². The average molecular weight is 332 g/mol. The van der Waals surface area contributed by atoms with Crippen LogP contribution in [0, 0.1) is 0 Å². The highest BCUT2D eigenvalue weighted by Gasteiger charge is 2.31. The summed E-state index contributed by atoms with van der Waals surface area (Å²) in [4.78, 5) is 36.7. The maximum absolute atomic E-state index is 12.1. The summed E-state index contributed by atoms with van der Waals surface area (Å²) in [7, 11) is 0. The minimum Gasteiger partial charge on any atom is -0.368 e. The summed E-state index contributed by atoms with van der Waals surface area (Å²) in [5.74, 6) is -1.09. The Morgan fingerprint density at radius 2 is 2.04 bits per heavy atom. The van der Waals surface area contributed by atoms with E-state index < -0.39 is 11.9 Å². The number of hydrogen-bond donors (Lipinski definition) is 3. The van der Waals surface area contributed by atoms with E-state index in [2.05, 4.69) is 22.8 Å². The van der Waals surface area contributed by atoms with Crippen molar-refractivity contribution in [3.63, 3.8) is 0 Å². The van der Waals surface area contributed by atoms with Crippen molar-refractivity contribution in [1.29, 1.82) is 0 Å². The van der Waals surface area contributed by atoms with Crippen molar-refractivity contribution in [2.75, 3.05) is 26.2 Å². The number of amides is 3. The smallest absolute Gasteiger partial charge is 0.237 e. The fourth-order valence-corrected chi connectivity index (χ4v) is 2.82. The van der Waals surface area contributed by atoms with Crippen molar-refractivity contribution < 1.29 is 14.4 Å². The zero-order valence-electron chi connectivity index (χ0n) is 13.7. The first-order valence-corrected chi connectivity index (χ1v) is 8.17. The Bertz CT molecular complexity index is 576. The molecule has 3 amide bonds. The van der Waals surface area contributed by atoms with E-state index >= 15 is 0 Å². The molecule has 0 saturated carbocycles. The lowest BCUT2D eigenvalue weighted by Crippen LogP contribution is -2.56. The largest absolute Gasteiger partial charge is 0.368 e. The van der Waals surface area contributed by atoms with Gasteiger partial charge < -0.3 is 16.4 Å². The van der Waals surface area contributed by atoms with Gasteiger partial charge in [0, 0.05) is 13.1 Å². The number of carbonyl (C=O) groups is 3. The molecular formula is C17H24N4O3. The molecule has 0 aromatic heterocycles. The number of hydrogen-bond acceptors (Lipinski definition) is 4. The van der Waals surface area contributed by atoms with Crippen LogP contribution in [0.2, 0.25) is 0 Å². The number of nitrogens with two attached hydrogens (primary N) is 1. The second kappa shape index (κ2) is 9.02. The van der Waals surface area contributed by atoms with Crippen LogP contribution in [0.15, 0.2) is 30.3 Å². The number of benzene rings is 1. The van der Waals surface area contributed by atoms with Crippen LogP contribution in [0.3, 0.4) is 0 Å². The Hall–Kier alpha value is -2.41. The molecule has 1 atom stereocenters. The molecule has 2 rings (SSSR count). The maximum atomic E-state index is 12.1. The van der Waals surface area contributed by atoms with E-state index in [0.717, 1.165) is 19.4 Å². The van der Waals surface area contributed by atoms with Gasteiger partial charge in [-0.05, 0) is 24.9 Å². The monoisotopic (exact) mass is 332 g/mol. The summed E-state index contributed by atoms with van der Waals surface area (Å²) in [5.41, 5.74) is 6.27. The molecule has 24 heavy (non-hydrogen) atoms. The summed E-state index contributed by atoms with van der Waals surface area (Å²) < 4.78 is 0. The van der Waals surface area contributed by atoms with Crippen molar-refractivity contribution in [3.8, 4) is 0 Å². The summed E-state index contributed by atoms with van der Waals surface area (Å²) in [6, 6.07) is 9.67. The van der Waals surface area contributed by atoms with Gasteiger partial charge >= 0.3 is 0 Å². The van der Waals surface area contributed by atoms with Gasteiger partial charge in [0.05, 0.1) is 19.0 Å². The van der Waals surface area contributed by atoms with E-state index in [1.54, 1.807) is 0 Å². The number of nitrogens with zero attached hydrogens (tertiary/aromatic N) is 1. The Labute approximate surface area is 141 Å². The molecule has 1 saturated heterocycles. The van der Waals surface area contributed by atoms with E-state index in [9.17, 15) is 14.4 Å². The molecule has 0 bridgehead atoms. The predicted octanol–water partition coefficient (Wildman–Crippen LogP) is -0.589. The highest BCUT2D eigenvalue weighted by Crippen LogP contribution is 2.11. The Balaban J connectivity index is 1.84. The van der Waals surface area contributed by atoms with Crippen LogP contribution in [-0.2, 0) is 20.8 Å². The molecule has 130 valence electrons. The lowest BCUT2D eigenvalue weighted by molar-refractivity contribution is -0.134. The zero-order chi connectivity index (χ0) is 17.4. The van der Waals surface area contributed by atoms with Crippen molar-refractivity contribution in [2.45, 2.75) is 25.3 Å². The molecular weight excluding hydrogens is 308 g/mol. The quantitative estimate of drug-likeness (QED) is 0.592. The minimum atomic E-state index is -0.601. The summed E-state index contributed by atoms with van der Waals surface area (Å²) in [5, 5.41) is 5.22. The van der Waals surface area contributed by atoms with Crippen LogP contribution in [-0.4, -0.2) is 54.8 Å². The third-order valence-electron chi connectivity index (χ3n) is 4.03. The number of rotatable bonds is 8. The summed E-state index contributed by atoms with van der Waals surface area (Å²) >= 11 is 0. The van der Waals surface area contributed by atoms with Crippen molar-refractivity contribution in [3.05, 3.63) is 35.9 Å². The van der Waals surface area contributed by atoms with Crippen molar-refractivity contribution in [1.82, 2.24) is 15.5 Å². The van der Waals surface area contributed by atoms with Crippen molar-refractivity contribution in [2.24, 2.45) is 5.73 Å². The van der Waals surface area contributed by atoms with Gasteiger partial charge in [-0.15, -0.1) is 0 Å². The third-order valence-corrected chi connectivity index (χ3v) is 4.03. The van der Waals surface area contributed by atoms with E-state index in [-0.39, 0.29) is 24.8 Å². The molecule has 1 aliphatic heterocycles. The number of aryl methyl sites for hydroxylation is 1. The molecule has 1 fully saturated rings. The molecule has 0 radical (unpaired) electrons. The van der Waals surface area contributed by atoms with Gasteiger partial charge in [-0.3, -0.25) is 19.3 Å². The molecule has 1 aromatic carbocycles. The molecule has 1 unspecified atom stereocenters. The first-order chi connectivity index (χ1) is 11.6. The number of primary amides is 1. The molecule has 1 aliphatic rings. The molecule has 0 aliphatic carbocycles. The highest BCUT2D eigenvalue weighted by atomic mass is 16.2. The maximum Gasteiger partial charge on any atom is 0.237 e. The van der Waals surface area contributed by atoms with Gasteiger partial charge in [0.2, 0.25) is 17.7 Å². The van der Waals surface area contributed by atoms with Gasteiger partial charge in [-0.25, -0.2) is 0 Å². The van der Waals surface area contributed by atoms with E-state index in [4.69, 9.17) is 5.73 Å². The third kappa shape index (κ3) is 5.66. The lowest BCUT2D eigenvalue weighted by Gasteiger charge is -2.34. The van der Waals surface area contributed by atoms with Gasteiger partial charge in [-0.1, -0.05) is 30.3 Å². The molecule has 7 nitrogen and oxygen atoms in total. The first kappa shape index (κ1) is 17.9. The zero-order valence-corrected chi connectivity index (χ0v) is 13.7. The topological polar surface area (TPSA) is 105 Å². The standard InChI is InChI=1S/C17H24N4O3/c18-15(22)12-20-16(23)11-14-17(24)19-8-10-21(14)9-4-7-13-5-2-1-3-6-13/h1-3,5-6,14H,4,7-12H2,(H2,18,22)(H,19,24)(H,20,23). The van der Waals surface area contributed by atoms with Gasteiger partial charge in [0.15, 0.2) is 0 Å². The normalized spacial score (nSPS) is 18.0. The Morgan fingerprint density at radius 3 is 2.75 bits per heavy atom. The molecule has 7 heteroatoms. The second-order valence-electron chi connectivity index (χ2n) is 5.88. The molecule has 1 heterocycles. The van der Waals surface area contributed by atoms with Gasteiger partial charge in [-0.2, -0.15) is 0 Å². The summed E-state index contributed by atoms with van der Waals surface area (Å²) in [6.45, 7) is 1.84. The Kier molecular flexibility index (Phi) is 6.74. The van der Waals surface area contributed by atoms with Gasteiger partial charge in [0.1, 0.15) is 0 Å². The lowest BCUT2D eigenvalue weighted by atomic mass is 10.1. The van der Waals surface area contributed by atoms with E-state index in [0.29, 0.717) is 13.1 Å². The molecule has 0 spiro atoms. The Morgan fingerprint density at radius 1 is 1.29 bits per heavy atom. The number of piperazine rings is 1. The second-order valence-corrected chi connectivity index (χ2v) is 5.88. The fraction of sp³-hybridized carbons (Fsp3) is 0.471. The van der Waals surface area contributed by atoms with Crippen LogP contribution >= 0.6 is 0 Å². The summed E-state index contributed by atoms with van der Waals surface area (Å²) in [6.07, 6.45) is 1.88.